The van der Waals surface area contributed by atoms with Gasteiger partial charge in [0.15, 0.2) is 0 Å². The fourth-order valence-corrected chi connectivity index (χ4v) is 2.94. The van der Waals surface area contributed by atoms with Crippen molar-refractivity contribution in [3.05, 3.63) is 70.8 Å². The molecule has 0 fully saturated rings. The molecule has 0 saturated heterocycles. The van der Waals surface area contributed by atoms with Gasteiger partial charge in [-0.05, 0) is 50.7 Å². The molecule has 0 amide bonds. The number of aromatic carboxylic acids is 2. The molecular weight excluding hydrogens is 585 g/mol. The van der Waals surface area contributed by atoms with Crippen molar-refractivity contribution in [1.29, 1.82) is 0 Å². The number of aliphatic hydroxyl groups is 2. The van der Waals surface area contributed by atoms with Crippen LogP contribution in [0.2, 0.25) is 0 Å². The Morgan fingerprint density at radius 1 is 0.568 bits per heavy atom. The molecule has 0 unspecified atom stereocenters. The minimum atomic E-state index is -1.40. The number of carboxylic acid groups (broad SMARTS) is 2. The molecule has 0 aliphatic carbocycles. The van der Waals surface area contributed by atoms with Gasteiger partial charge < -0.3 is 39.5 Å². The molecule has 0 atom stereocenters. The van der Waals surface area contributed by atoms with E-state index in [0.29, 0.717) is 25.7 Å². The van der Waals surface area contributed by atoms with E-state index in [4.69, 9.17) is 19.7 Å². The van der Waals surface area contributed by atoms with E-state index in [0.717, 1.165) is 12.8 Å². The molecule has 2 aromatic carbocycles. The van der Waals surface area contributed by atoms with E-state index in [1.807, 2.05) is 0 Å². The van der Waals surface area contributed by atoms with Gasteiger partial charge in [0, 0.05) is 24.3 Å². The quantitative estimate of drug-likeness (QED) is 0.175. The van der Waals surface area contributed by atoms with Crippen molar-refractivity contribution in [1.82, 2.24) is 0 Å². The van der Waals surface area contributed by atoms with Crippen LogP contribution < -0.4 is 10.2 Å². The Morgan fingerprint density at radius 3 is 1.19 bits per heavy atom. The van der Waals surface area contributed by atoms with E-state index in [9.17, 15) is 29.4 Å². The van der Waals surface area contributed by atoms with E-state index < -0.39 is 23.9 Å². The van der Waals surface area contributed by atoms with Gasteiger partial charge in [-0.1, -0.05) is 36.4 Å². The van der Waals surface area contributed by atoms with E-state index in [1.165, 1.54) is 36.4 Å². The van der Waals surface area contributed by atoms with Crippen LogP contribution in [0.15, 0.2) is 48.5 Å². The summed E-state index contributed by atoms with van der Waals surface area (Å²) < 4.78 is 9.91. The Morgan fingerprint density at radius 2 is 0.892 bits per heavy atom. The molecule has 0 spiro atoms. The molecule has 0 saturated carbocycles. The molecule has 0 aliphatic heterocycles. The van der Waals surface area contributed by atoms with Gasteiger partial charge in [0.05, 0.1) is 36.3 Å². The maximum atomic E-state index is 11.6. The van der Waals surface area contributed by atoms with Gasteiger partial charge >= 0.3 is 39.2 Å². The van der Waals surface area contributed by atoms with Gasteiger partial charge in [-0.3, -0.25) is 0 Å². The molecular formula is C26H30CdO10. The standard InChI is InChI=1S/2C13H16O5.Cd/c2*14-8-4-1-5-9-18-13(17)11-7-3-2-6-10(11)12(15)16;/h2*2-3,6-7,14H,1,4-5,8-9H2,(H,15,16);/q;;+2/p-2. The Labute approximate surface area is 235 Å². The topological polar surface area (TPSA) is 173 Å². The Bertz CT molecular complexity index is 913. The molecule has 196 valence electrons. The minimum Gasteiger partial charge on any atom is -0.545 e. The number of aliphatic hydroxyl groups excluding tert-OH is 2. The molecule has 0 aliphatic rings. The van der Waals surface area contributed by atoms with Crippen molar-refractivity contribution in [3.63, 3.8) is 0 Å². The van der Waals surface area contributed by atoms with Gasteiger partial charge in [0.25, 0.3) is 0 Å². The molecule has 2 rings (SSSR count). The first kappa shape index (κ1) is 34.2. The predicted octanol–water partition coefficient (Wildman–Crippen LogP) is 0.736. The molecule has 37 heavy (non-hydrogen) atoms. The van der Waals surface area contributed by atoms with Crippen molar-refractivity contribution in [2.45, 2.75) is 38.5 Å². The molecule has 0 heterocycles. The summed E-state index contributed by atoms with van der Waals surface area (Å²) in [5.41, 5.74) is -0.338. The van der Waals surface area contributed by atoms with Crippen LogP contribution in [-0.2, 0) is 36.8 Å². The summed E-state index contributed by atoms with van der Waals surface area (Å²) >= 11 is 0. The van der Waals surface area contributed by atoms with Gasteiger partial charge in [-0.15, -0.1) is 0 Å². The molecule has 0 aromatic heterocycles. The van der Waals surface area contributed by atoms with Crippen LogP contribution in [0.4, 0.5) is 0 Å². The number of unbranched alkanes of at least 4 members (excludes halogenated alkanes) is 4. The minimum absolute atomic E-state index is 0. The average Bonchev–Trinajstić information content (AvgIpc) is 2.88. The normalized spacial score (nSPS) is 9.78. The van der Waals surface area contributed by atoms with Gasteiger partial charge in [0.2, 0.25) is 0 Å². The van der Waals surface area contributed by atoms with E-state index in [1.54, 1.807) is 12.1 Å². The summed E-state index contributed by atoms with van der Waals surface area (Å²) in [6.07, 6.45) is 4.11. The van der Waals surface area contributed by atoms with Crippen molar-refractivity contribution < 1.29 is 76.4 Å². The fraction of sp³-hybridized carbons (Fsp3) is 0.385. The largest absolute Gasteiger partial charge is 2.00 e. The molecule has 11 heteroatoms. The number of hydrogen-bond acceptors (Lipinski definition) is 10. The summed E-state index contributed by atoms with van der Waals surface area (Å²) in [4.78, 5) is 44.9. The second-order valence-corrected chi connectivity index (χ2v) is 7.51. The van der Waals surface area contributed by atoms with Gasteiger partial charge in [-0.25, -0.2) is 9.59 Å². The number of benzene rings is 2. The summed E-state index contributed by atoms with van der Waals surface area (Å²) in [6, 6.07) is 11.5. The van der Waals surface area contributed by atoms with Gasteiger partial charge in [-0.2, -0.15) is 0 Å². The fourth-order valence-electron chi connectivity index (χ4n) is 2.94. The van der Waals surface area contributed by atoms with E-state index in [-0.39, 0.29) is 76.0 Å². The zero-order valence-electron chi connectivity index (χ0n) is 20.6. The third kappa shape index (κ3) is 13.3. The number of ether oxygens (including phenoxy) is 2. The molecule has 0 radical (unpaired) electrons. The van der Waals surface area contributed by atoms with Gasteiger partial charge in [0.1, 0.15) is 0 Å². The summed E-state index contributed by atoms with van der Waals surface area (Å²) in [5, 5.41) is 38.7. The Hall–Kier alpha value is -2.84. The maximum Gasteiger partial charge on any atom is 2.00 e. The first-order chi connectivity index (χ1) is 17.3. The van der Waals surface area contributed by atoms with Crippen LogP contribution in [0.25, 0.3) is 0 Å². The van der Waals surface area contributed by atoms with Crippen LogP contribution in [-0.4, -0.2) is 60.5 Å². The van der Waals surface area contributed by atoms with Crippen molar-refractivity contribution in [2.75, 3.05) is 26.4 Å². The number of esters is 2. The number of carbonyl (C=O) groups is 4. The number of carbonyl (C=O) groups excluding carboxylic acids is 4. The molecule has 2 aromatic rings. The third-order valence-electron chi connectivity index (χ3n) is 4.80. The number of hydrogen-bond donors (Lipinski definition) is 2. The van der Waals surface area contributed by atoms with Crippen LogP contribution in [0.3, 0.4) is 0 Å². The first-order valence-corrected chi connectivity index (χ1v) is 11.5. The van der Waals surface area contributed by atoms with Crippen LogP contribution in [0, 0.1) is 0 Å². The smallest absolute Gasteiger partial charge is 0.545 e. The Balaban J connectivity index is 0.000000682. The first-order valence-electron chi connectivity index (χ1n) is 11.5. The summed E-state index contributed by atoms with van der Waals surface area (Å²) in [7, 11) is 0. The third-order valence-corrected chi connectivity index (χ3v) is 4.80. The Kier molecular flexibility index (Phi) is 18.7. The number of carboxylic acids is 2. The predicted molar refractivity (Wildman–Crippen MR) is 124 cm³/mol. The van der Waals surface area contributed by atoms with Crippen molar-refractivity contribution in [2.24, 2.45) is 0 Å². The van der Waals surface area contributed by atoms with Crippen molar-refractivity contribution in [3.8, 4) is 0 Å². The SMILES string of the molecule is O=C([O-])c1ccccc1C(=O)OCCCCCO.O=C([O-])c1ccccc1C(=O)OCCCCCO.[Cd+2]. The van der Waals surface area contributed by atoms with Crippen LogP contribution in [0.1, 0.15) is 80.0 Å². The number of rotatable bonds is 14. The molecule has 0 bridgehead atoms. The summed E-state index contributed by atoms with van der Waals surface area (Å²) in [5.74, 6) is -4.14. The van der Waals surface area contributed by atoms with Crippen molar-refractivity contribution >= 4 is 23.9 Å². The summed E-state index contributed by atoms with van der Waals surface area (Å²) in [6.45, 7) is 0.642. The van der Waals surface area contributed by atoms with E-state index in [2.05, 4.69) is 0 Å². The second kappa shape index (κ2) is 20.2. The average molecular weight is 615 g/mol. The maximum absolute atomic E-state index is 11.6. The second-order valence-electron chi connectivity index (χ2n) is 7.51. The molecule has 2 N–H and O–H groups in total. The zero-order chi connectivity index (χ0) is 26.8. The van der Waals surface area contributed by atoms with Crippen LogP contribution >= 0.6 is 0 Å². The zero-order valence-corrected chi connectivity index (χ0v) is 24.6. The molecule has 10 nitrogen and oxygen atoms in total. The van der Waals surface area contributed by atoms with E-state index >= 15 is 0 Å². The monoisotopic (exact) mass is 616 g/mol. The van der Waals surface area contributed by atoms with Crippen LogP contribution in [0.5, 0.6) is 0 Å².